The van der Waals surface area contributed by atoms with Gasteiger partial charge >= 0.3 is 0 Å². The van der Waals surface area contributed by atoms with Crippen molar-refractivity contribution in [3.8, 4) is 10.6 Å². The van der Waals surface area contributed by atoms with Gasteiger partial charge in [-0.15, -0.1) is 10.2 Å². The van der Waals surface area contributed by atoms with Crippen molar-refractivity contribution in [2.75, 3.05) is 0 Å². The van der Waals surface area contributed by atoms with Gasteiger partial charge in [-0.25, -0.2) is 0 Å². The van der Waals surface area contributed by atoms with Gasteiger partial charge in [0.25, 0.3) is 0 Å². The van der Waals surface area contributed by atoms with Gasteiger partial charge in [-0.05, 0) is 35.6 Å². The summed E-state index contributed by atoms with van der Waals surface area (Å²) in [4.78, 5) is 0. The van der Waals surface area contributed by atoms with Crippen molar-refractivity contribution >= 4 is 33.9 Å². The highest BCUT2D eigenvalue weighted by Crippen LogP contribution is 2.29. The first-order chi connectivity index (χ1) is 7.18. The lowest BCUT2D eigenvalue weighted by Crippen LogP contribution is -2.03. The predicted octanol–water partition coefficient (Wildman–Crippen LogP) is 2.83. The molecule has 1 heterocycles. The van der Waals surface area contributed by atoms with Gasteiger partial charge in [0.15, 0.2) is 0 Å². The van der Waals surface area contributed by atoms with E-state index >= 15 is 0 Å². The predicted molar refractivity (Wildman–Crippen MR) is 70.7 cm³/mol. The van der Waals surface area contributed by atoms with Gasteiger partial charge in [0, 0.05) is 9.13 Å². The lowest BCUT2D eigenvalue weighted by atomic mass is 10.2. The van der Waals surface area contributed by atoms with Crippen molar-refractivity contribution in [3.63, 3.8) is 0 Å². The zero-order chi connectivity index (χ0) is 10.8. The van der Waals surface area contributed by atoms with E-state index in [2.05, 4.69) is 38.9 Å². The summed E-state index contributed by atoms with van der Waals surface area (Å²) in [5, 5.41) is 10.0. The van der Waals surface area contributed by atoms with Crippen LogP contribution < -0.4 is 5.73 Å². The highest BCUT2D eigenvalue weighted by atomic mass is 127. The molecule has 0 amide bonds. The summed E-state index contributed by atoms with van der Waals surface area (Å²) >= 11 is 3.85. The van der Waals surface area contributed by atoms with E-state index < -0.39 is 0 Å². The number of nitrogens with zero attached hydrogens (tertiary/aromatic N) is 2. The minimum Gasteiger partial charge on any atom is -0.322 e. The number of benzene rings is 1. The third-order valence-corrected chi connectivity index (χ3v) is 4.03. The van der Waals surface area contributed by atoms with Crippen LogP contribution in [0.5, 0.6) is 0 Å². The van der Waals surface area contributed by atoms with E-state index in [-0.39, 0.29) is 6.04 Å². The Morgan fingerprint density at radius 1 is 1.33 bits per heavy atom. The van der Waals surface area contributed by atoms with E-state index in [9.17, 15) is 0 Å². The summed E-state index contributed by atoms with van der Waals surface area (Å²) in [7, 11) is 0. The molecular formula is C10H10IN3S. The van der Waals surface area contributed by atoms with Crippen molar-refractivity contribution in [3.05, 3.63) is 32.8 Å². The van der Waals surface area contributed by atoms with Crippen LogP contribution in [0.25, 0.3) is 10.6 Å². The van der Waals surface area contributed by atoms with Gasteiger partial charge in [0.2, 0.25) is 0 Å². The first kappa shape index (κ1) is 11.0. The highest BCUT2D eigenvalue weighted by molar-refractivity contribution is 14.1. The maximum Gasteiger partial charge on any atom is 0.148 e. The fourth-order valence-corrected chi connectivity index (χ4v) is 2.82. The summed E-state index contributed by atoms with van der Waals surface area (Å²) in [6, 6.07) is 8.08. The summed E-state index contributed by atoms with van der Waals surface area (Å²) in [6.07, 6.45) is 0. The minimum absolute atomic E-state index is 0.0439. The smallest absolute Gasteiger partial charge is 0.148 e. The molecule has 5 heteroatoms. The van der Waals surface area contributed by atoms with Crippen LogP contribution in [0, 0.1) is 3.57 Å². The van der Waals surface area contributed by atoms with Crippen LogP contribution in [0.3, 0.4) is 0 Å². The molecule has 0 saturated heterocycles. The van der Waals surface area contributed by atoms with E-state index in [0.717, 1.165) is 15.6 Å². The monoisotopic (exact) mass is 331 g/mol. The third kappa shape index (κ3) is 2.35. The van der Waals surface area contributed by atoms with E-state index in [1.165, 1.54) is 3.57 Å². The van der Waals surface area contributed by atoms with Crippen LogP contribution in [0.15, 0.2) is 24.3 Å². The number of halogens is 1. The number of rotatable bonds is 2. The molecule has 1 aromatic heterocycles. The summed E-state index contributed by atoms with van der Waals surface area (Å²) in [6.45, 7) is 1.92. The topological polar surface area (TPSA) is 51.8 Å². The Bertz CT molecular complexity index is 467. The molecule has 15 heavy (non-hydrogen) atoms. The molecule has 0 spiro atoms. The number of hydrogen-bond acceptors (Lipinski definition) is 4. The first-order valence-electron chi connectivity index (χ1n) is 4.52. The molecule has 0 aliphatic rings. The fraction of sp³-hybridized carbons (Fsp3) is 0.200. The van der Waals surface area contributed by atoms with Crippen LogP contribution in [-0.4, -0.2) is 10.2 Å². The van der Waals surface area contributed by atoms with Gasteiger partial charge in [-0.3, -0.25) is 0 Å². The van der Waals surface area contributed by atoms with Gasteiger partial charge in [-0.1, -0.05) is 29.5 Å². The maximum atomic E-state index is 5.75. The average molecular weight is 331 g/mol. The summed E-state index contributed by atoms with van der Waals surface area (Å²) in [5.41, 5.74) is 6.88. The number of hydrogen-bond donors (Lipinski definition) is 1. The molecule has 2 N–H and O–H groups in total. The maximum absolute atomic E-state index is 5.75. The lowest BCUT2D eigenvalue weighted by molar-refractivity contribution is 0.786. The molecule has 0 bridgehead atoms. The van der Waals surface area contributed by atoms with E-state index in [1.54, 1.807) is 11.3 Å². The molecule has 0 radical (unpaired) electrons. The molecule has 1 atom stereocenters. The highest BCUT2D eigenvalue weighted by Gasteiger charge is 2.11. The van der Waals surface area contributed by atoms with Crippen LogP contribution in [-0.2, 0) is 0 Å². The van der Waals surface area contributed by atoms with Gasteiger partial charge in [-0.2, -0.15) is 0 Å². The first-order valence-corrected chi connectivity index (χ1v) is 6.42. The SMILES string of the molecule is CC(N)c1nnc(-c2ccccc2I)s1. The van der Waals surface area contributed by atoms with E-state index in [0.29, 0.717) is 0 Å². The molecule has 78 valence electrons. The Morgan fingerprint density at radius 2 is 2.07 bits per heavy atom. The molecule has 0 fully saturated rings. The van der Waals surface area contributed by atoms with Crippen LogP contribution >= 0.6 is 33.9 Å². The standard InChI is InChI=1S/C10H10IN3S/c1-6(12)9-13-14-10(15-9)7-4-2-3-5-8(7)11/h2-6H,12H2,1H3. The second-order valence-electron chi connectivity index (χ2n) is 3.21. The van der Waals surface area contributed by atoms with Crippen molar-refractivity contribution in [1.29, 1.82) is 0 Å². The Morgan fingerprint density at radius 3 is 2.67 bits per heavy atom. The van der Waals surface area contributed by atoms with E-state index in [1.807, 2.05) is 25.1 Å². The zero-order valence-electron chi connectivity index (χ0n) is 8.14. The molecule has 1 unspecified atom stereocenters. The van der Waals surface area contributed by atoms with Crippen molar-refractivity contribution in [2.24, 2.45) is 5.73 Å². The molecule has 2 aromatic rings. The van der Waals surface area contributed by atoms with Gasteiger partial charge in [0.05, 0.1) is 6.04 Å². The Balaban J connectivity index is 2.42. The van der Waals surface area contributed by atoms with Crippen LogP contribution in [0.2, 0.25) is 0 Å². The Labute approximate surface area is 106 Å². The normalized spacial score (nSPS) is 12.7. The molecule has 0 aliphatic carbocycles. The number of aromatic nitrogens is 2. The molecule has 0 aliphatic heterocycles. The van der Waals surface area contributed by atoms with Crippen LogP contribution in [0.4, 0.5) is 0 Å². The Kier molecular flexibility index (Phi) is 3.32. The Hall–Kier alpha value is -0.530. The van der Waals surface area contributed by atoms with Crippen molar-refractivity contribution in [2.45, 2.75) is 13.0 Å². The van der Waals surface area contributed by atoms with Crippen molar-refractivity contribution < 1.29 is 0 Å². The second kappa shape index (κ2) is 4.54. The lowest BCUT2D eigenvalue weighted by Gasteiger charge is -1.98. The molecule has 2 rings (SSSR count). The van der Waals surface area contributed by atoms with Gasteiger partial charge < -0.3 is 5.73 Å². The third-order valence-electron chi connectivity index (χ3n) is 1.93. The van der Waals surface area contributed by atoms with Gasteiger partial charge in [0.1, 0.15) is 10.0 Å². The zero-order valence-corrected chi connectivity index (χ0v) is 11.1. The van der Waals surface area contributed by atoms with E-state index in [4.69, 9.17) is 5.73 Å². The number of nitrogens with two attached hydrogens (primary N) is 1. The molecule has 0 saturated carbocycles. The largest absolute Gasteiger partial charge is 0.322 e. The minimum atomic E-state index is -0.0439. The van der Waals surface area contributed by atoms with Crippen molar-refractivity contribution in [1.82, 2.24) is 10.2 Å². The molecular weight excluding hydrogens is 321 g/mol. The molecule has 1 aromatic carbocycles. The fourth-order valence-electron chi connectivity index (χ4n) is 1.16. The molecule has 3 nitrogen and oxygen atoms in total. The summed E-state index contributed by atoms with van der Waals surface area (Å²) < 4.78 is 1.18. The summed E-state index contributed by atoms with van der Waals surface area (Å²) in [5.74, 6) is 0. The quantitative estimate of drug-likeness (QED) is 0.861. The second-order valence-corrected chi connectivity index (χ2v) is 5.39. The average Bonchev–Trinajstić information content (AvgIpc) is 2.67. The van der Waals surface area contributed by atoms with Crippen LogP contribution in [0.1, 0.15) is 18.0 Å².